The summed E-state index contributed by atoms with van der Waals surface area (Å²) in [5, 5.41) is 0. The molecule has 0 heterocycles. The zero-order valence-corrected chi connectivity index (χ0v) is 13.5. The van der Waals surface area contributed by atoms with Crippen molar-refractivity contribution < 1.29 is 27.4 Å². The first kappa shape index (κ1) is 17.7. The largest absolute Gasteiger partial charge is 0.497 e. The fourth-order valence-corrected chi connectivity index (χ4v) is 1.86. The third-order valence-electron chi connectivity index (χ3n) is 2.35. The lowest BCUT2D eigenvalue weighted by atomic mass is 10.2. The quantitative estimate of drug-likeness (QED) is 0.417. The van der Waals surface area contributed by atoms with E-state index in [1.807, 2.05) is 22.6 Å². The molecule has 4 nitrogen and oxygen atoms in total. The van der Waals surface area contributed by atoms with E-state index in [2.05, 4.69) is 9.73 Å². The van der Waals surface area contributed by atoms with E-state index in [1.54, 1.807) is 12.1 Å². The maximum Gasteiger partial charge on any atom is 0.430 e. The van der Waals surface area contributed by atoms with Crippen LogP contribution < -0.4 is 4.74 Å². The van der Waals surface area contributed by atoms with Crippen LogP contribution in [-0.2, 0) is 9.53 Å². The molecule has 1 aromatic carbocycles. The molecule has 0 fully saturated rings. The molecular weight excluding hydrogens is 402 g/mol. The smallest absolute Gasteiger partial charge is 0.430 e. The summed E-state index contributed by atoms with van der Waals surface area (Å²) in [7, 11) is 1.40. The zero-order valence-electron chi connectivity index (χ0n) is 11.3. The molecule has 0 atom stereocenters. The first-order valence-corrected chi connectivity index (χ1v) is 6.99. The Balaban J connectivity index is 3.16. The highest BCUT2D eigenvalue weighted by Crippen LogP contribution is 2.30. The number of methoxy groups -OCH3 is 1. The van der Waals surface area contributed by atoms with Crippen molar-refractivity contribution in [1.82, 2.24) is 0 Å². The molecule has 0 saturated heterocycles. The van der Waals surface area contributed by atoms with Crippen molar-refractivity contribution in [2.75, 3.05) is 13.7 Å². The van der Waals surface area contributed by atoms with E-state index in [0.717, 1.165) is 0 Å². The molecule has 0 radical (unpaired) electrons. The fraction of sp³-hybridized carbons (Fsp3) is 0.385. The van der Waals surface area contributed by atoms with Gasteiger partial charge in [0.05, 0.1) is 25.8 Å². The fourth-order valence-electron chi connectivity index (χ4n) is 1.40. The summed E-state index contributed by atoms with van der Waals surface area (Å²) in [5.41, 5.74) is -1.11. The first-order chi connectivity index (χ1) is 9.77. The summed E-state index contributed by atoms with van der Waals surface area (Å²) < 4.78 is 48.8. The van der Waals surface area contributed by atoms with Crippen LogP contribution in [0.3, 0.4) is 0 Å². The van der Waals surface area contributed by atoms with Crippen molar-refractivity contribution in [2.45, 2.75) is 19.5 Å². The highest BCUT2D eigenvalue weighted by Gasteiger charge is 2.37. The number of ether oxygens (including phenoxy) is 2. The van der Waals surface area contributed by atoms with Crippen molar-refractivity contribution in [3.05, 3.63) is 21.8 Å². The van der Waals surface area contributed by atoms with Crippen LogP contribution in [0.5, 0.6) is 5.75 Å². The highest BCUT2D eigenvalue weighted by atomic mass is 127. The minimum atomic E-state index is -4.71. The number of carbonyl (C=O) groups excluding carboxylic acids is 1. The van der Waals surface area contributed by atoms with Crippen molar-refractivity contribution in [2.24, 2.45) is 4.99 Å². The summed E-state index contributed by atoms with van der Waals surface area (Å²) in [6.07, 6.45) is -5.64. The van der Waals surface area contributed by atoms with E-state index in [-0.39, 0.29) is 12.3 Å². The van der Waals surface area contributed by atoms with Crippen molar-refractivity contribution in [3.63, 3.8) is 0 Å². The minimum absolute atomic E-state index is 0.0145. The minimum Gasteiger partial charge on any atom is -0.497 e. The maximum atomic E-state index is 12.9. The van der Waals surface area contributed by atoms with Crippen molar-refractivity contribution >= 4 is 40.0 Å². The van der Waals surface area contributed by atoms with Crippen LogP contribution in [0.4, 0.5) is 18.9 Å². The Hall–Kier alpha value is -1.32. The molecule has 1 rings (SSSR count). The number of carbonyl (C=O) groups is 1. The van der Waals surface area contributed by atoms with Crippen LogP contribution >= 0.6 is 22.6 Å². The van der Waals surface area contributed by atoms with Crippen LogP contribution in [-0.4, -0.2) is 31.6 Å². The number of hydrogen-bond donors (Lipinski definition) is 0. The molecule has 0 amide bonds. The molecule has 0 spiro atoms. The van der Waals surface area contributed by atoms with Crippen LogP contribution in [0, 0.1) is 3.57 Å². The molecular formula is C13H13F3INO3. The van der Waals surface area contributed by atoms with Gasteiger partial charge in [0.15, 0.2) is 0 Å². The lowest BCUT2D eigenvalue weighted by molar-refractivity contribution is -0.142. The van der Waals surface area contributed by atoms with Gasteiger partial charge in [0, 0.05) is 9.64 Å². The number of aliphatic imine (C=N–C) groups is 1. The monoisotopic (exact) mass is 415 g/mol. The van der Waals surface area contributed by atoms with Crippen LogP contribution in [0.15, 0.2) is 23.2 Å². The summed E-state index contributed by atoms with van der Waals surface area (Å²) in [4.78, 5) is 14.8. The average molecular weight is 415 g/mol. The van der Waals surface area contributed by atoms with Crippen LogP contribution in [0.2, 0.25) is 0 Å². The van der Waals surface area contributed by atoms with Crippen LogP contribution in [0.1, 0.15) is 13.3 Å². The summed E-state index contributed by atoms with van der Waals surface area (Å²) in [6.45, 7) is 1.54. The van der Waals surface area contributed by atoms with E-state index >= 15 is 0 Å². The molecule has 0 saturated carbocycles. The molecule has 0 unspecified atom stereocenters. The normalized spacial score (nSPS) is 12.2. The van der Waals surface area contributed by atoms with Gasteiger partial charge in [-0.15, -0.1) is 0 Å². The highest BCUT2D eigenvalue weighted by molar-refractivity contribution is 14.1. The van der Waals surface area contributed by atoms with E-state index in [4.69, 9.17) is 4.74 Å². The van der Waals surface area contributed by atoms with Gasteiger partial charge in [0.2, 0.25) is 0 Å². The summed E-state index contributed by atoms with van der Waals surface area (Å²) in [6, 6.07) is 4.56. The Morgan fingerprint density at radius 2 is 2.05 bits per heavy atom. The predicted molar refractivity (Wildman–Crippen MR) is 80.1 cm³/mol. The molecule has 21 heavy (non-hydrogen) atoms. The molecule has 0 aliphatic carbocycles. The third-order valence-corrected chi connectivity index (χ3v) is 3.27. The second-order valence-corrected chi connectivity index (χ2v) is 5.02. The van der Waals surface area contributed by atoms with Gasteiger partial charge in [-0.3, -0.25) is 4.79 Å². The number of hydrogen-bond acceptors (Lipinski definition) is 4. The lowest BCUT2D eigenvalue weighted by Crippen LogP contribution is -2.26. The number of halogens is 4. The molecule has 0 N–H and O–H groups in total. The number of esters is 1. The van der Waals surface area contributed by atoms with E-state index in [0.29, 0.717) is 9.32 Å². The van der Waals surface area contributed by atoms with Crippen molar-refractivity contribution in [1.29, 1.82) is 0 Å². The second kappa shape index (κ2) is 7.62. The Bertz CT molecular complexity index is 544. The number of alkyl halides is 3. The predicted octanol–water partition coefficient (Wildman–Crippen LogP) is 3.89. The first-order valence-electron chi connectivity index (χ1n) is 5.91. The Labute approximate surface area is 133 Å². The number of rotatable bonds is 5. The molecule has 0 bridgehead atoms. The molecule has 116 valence electrons. The molecule has 0 aromatic heterocycles. The maximum absolute atomic E-state index is 12.9. The third kappa shape index (κ3) is 5.52. The van der Waals surface area contributed by atoms with Gasteiger partial charge in [-0.25, -0.2) is 4.99 Å². The average Bonchev–Trinajstić information content (AvgIpc) is 2.39. The van der Waals surface area contributed by atoms with Gasteiger partial charge < -0.3 is 9.47 Å². The van der Waals surface area contributed by atoms with Gasteiger partial charge in [0.1, 0.15) is 11.5 Å². The molecule has 8 heteroatoms. The number of nitrogens with zero attached hydrogens (tertiary/aromatic N) is 1. The van der Waals surface area contributed by atoms with Gasteiger partial charge >= 0.3 is 12.1 Å². The second-order valence-electron chi connectivity index (χ2n) is 3.86. The standard InChI is InChI=1S/C13H13F3INO3/c1-3-21-12(19)7-11(13(14,15)16)18-10-6-8(20-2)4-5-9(10)17/h4-6H,3,7H2,1-2H3. The van der Waals surface area contributed by atoms with Gasteiger partial charge in [-0.2, -0.15) is 13.2 Å². The summed E-state index contributed by atoms with van der Waals surface area (Å²) >= 11 is 1.86. The summed E-state index contributed by atoms with van der Waals surface area (Å²) in [5.74, 6) is -0.585. The van der Waals surface area contributed by atoms with E-state index < -0.39 is 24.3 Å². The van der Waals surface area contributed by atoms with Gasteiger partial charge in [-0.1, -0.05) is 0 Å². The van der Waals surface area contributed by atoms with E-state index in [1.165, 1.54) is 20.1 Å². The molecule has 0 aliphatic rings. The Kier molecular flexibility index (Phi) is 6.43. The Morgan fingerprint density at radius 1 is 1.38 bits per heavy atom. The zero-order chi connectivity index (χ0) is 16.0. The molecule has 1 aromatic rings. The van der Waals surface area contributed by atoms with Gasteiger partial charge in [0.25, 0.3) is 0 Å². The Morgan fingerprint density at radius 3 is 2.57 bits per heavy atom. The lowest BCUT2D eigenvalue weighted by Gasteiger charge is -2.11. The van der Waals surface area contributed by atoms with Crippen molar-refractivity contribution in [3.8, 4) is 5.75 Å². The molecule has 0 aliphatic heterocycles. The van der Waals surface area contributed by atoms with Gasteiger partial charge in [-0.05, 0) is 41.6 Å². The van der Waals surface area contributed by atoms with Crippen LogP contribution in [0.25, 0.3) is 0 Å². The van der Waals surface area contributed by atoms with E-state index in [9.17, 15) is 18.0 Å². The topological polar surface area (TPSA) is 47.9 Å². The SMILES string of the molecule is CCOC(=O)CC(=Nc1cc(OC)ccc1I)C(F)(F)F. The number of benzene rings is 1.